The van der Waals surface area contributed by atoms with Crippen LogP contribution in [0.4, 0.5) is 0 Å². The lowest BCUT2D eigenvalue weighted by molar-refractivity contribution is 0.0171. The molecule has 0 saturated carbocycles. The van der Waals surface area contributed by atoms with Gasteiger partial charge < -0.3 is 9.16 Å². The van der Waals surface area contributed by atoms with Crippen LogP contribution in [-0.4, -0.2) is 22.6 Å². The molecule has 3 radical (unpaired) electrons. The molecule has 1 heterocycles. The van der Waals surface area contributed by atoms with E-state index in [0.717, 1.165) is 22.7 Å². The molecule has 1 unspecified atom stereocenters. The Labute approximate surface area is 153 Å². The molecule has 24 heavy (non-hydrogen) atoms. The molecular weight excluding hydrogens is 334 g/mol. The van der Waals surface area contributed by atoms with Gasteiger partial charge in [0.1, 0.15) is 16.4 Å². The van der Waals surface area contributed by atoms with Gasteiger partial charge in [-0.1, -0.05) is 27.7 Å². The van der Waals surface area contributed by atoms with Gasteiger partial charge in [-0.25, -0.2) is 4.98 Å². The molecule has 1 aromatic heterocycles. The lowest BCUT2D eigenvalue weighted by atomic mass is 9.77. The van der Waals surface area contributed by atoms with E-state index in [-0.39, 0.29) is 5.41 Å². The molecule has 0 aliphatic carbocycles. The van der Waals surface area contributed by atoms with Crippen LogP contribution in [0.2, 0.25) is 0 Å². The van der Waals surface area contributed by atoms with E-state index >= 15 is 0 Å². The fourth-order valence-electron chi connectivity index (χ4n) is 3.42. The van der Waals surface area contributed by atoms with E-state index in [1.54, 1.807) is 18.4 Å². The summed E-state index contributed by atoms with van der Waals surface area (Å²) in [6, 6.07) is 2.18. The van der Waals surface area contributed by atoms with E-state index in [0.29, 0.717) is 0 Å². The number of rotatable bonds is 5. The normalized spacial score (nSPS) is 14.5. The number of hydrogen-bond acceptors (Lipinski definition) is 4. The molecule has 0 aliphatic rings. The molecule has 3 nitrogen and oxygen atoms in total. The molecule has 0 spiro atoms. The van der Waals surface area contributed by atoms with E-state index in [4.69, 9.17) is 9.16 Å². The summed E-state index contributed by atoms with van der Waals surface area (Å²) in [4.78, 5) is 4.55. The van der Waals surface area contributed by atoms with Gasteiger partial charge in [-0.05, 0) is 42.9 Å². The van der Waals surface area contributed by atoms with Crippen LogP contribution in [0.5, 0.6) is 5.75 Å². The van der Waals surface area contributed by atoms with E-state index in [1.807, 2.05) is 11.6 Å². The van der Waals surface area contributed by atoms with Gasteiger partial charge in [-0.2, -0.15) is 0 Å². The third kappa shape index (κ3) is 3.05. The van der Waals surface area contributed by atoms with Gasteiger partial charge in [0, 0.05) is 29.8 Å². The highest BCUT2D eigenvalue weighted by atomic mass is 32.1. The van der Waals surface area contributed by atoms with Gasteiger partial charge in [0.25, 0.3) is 0 Å². The zero-order valence-corrected chi connectivity index (χ0v) is 17.4. The second-order valence-corrected chi connectivity index (χ2v) is 8.24. The van der Waals surface area contributed by atoms with Gasteiger partial charge in [-0.3, -0.25) is 0 Å². The Hall–Kier alpha value is -1.17. The van der Waals surface area contributed by atoms with Crippen molar-refractivity contribution >= 4 is 21.8 Å². The molecule has 0 amide bonds. The van der Waals surface area contributed by atoms with Gasteiger partial charge in [0.2, 0.25) is 0 Å². The predicted octanol–water partition coefficient (Wildman–Crippen LogP) is 4.82. The average Bonchev–Trinajstić information content (AvgIpc) is 3.05. The molecule has 0 saturated heterocycles. The number of ether oxygens (including phenoxy) is 1. The summed E-state index contributed by atoms with van der Waals surface area (Å²) >= 11 is 1.61. The molecular formula is C19H26NO2SSi. The van der Waals surface area contributed by atoms with Gasteiger partial charge in [0.05, 0.1) is 0 Å². The first kappa shape index (κ1) is 19.2. The number of aryl methyl sites for hydroxylation is 1. The number of thiazole rings is 1. The number of benzene rings is 1. The van der Waals surface area contributed by atoms with Crippen LogP contribution < -0.4 is 4.43 Å². The molecule has 1 aromatic carbocycles. The fraction of sp³-hybridized carbons (Fsp3) is 0.526. The zero-order valence-electron chi connectivity index (χ0n) is 15.6. The van der Waals surface area contributed by atoms with Crippen LogP contribution >= 0.6 is 11.3 Å². The van der Waals surface area contributed by atoms with Gasteiger partial charge in [-0.15, -0.1) is 11.3 Å². The van der Waals surface area contributed by atoms with Crippen molar-refractivity contribution in [3.05, 3.63) is 44.9 Å². The molecule has 2 rings (SSSR count). The third-order valence-corrected chi connectivity index (χ3v) is 5.83. The molecule has 0 bridgehead atoms. The zero-order chi connectivity index (χ0) is 18.1. The maximum absolute atomic E-state index is 6.07. The highest BCUT2D eigenvalue weighted by molar-refractivity contribution is 7.09. The van der Waals surface area contributed by atoms with E-state index in [1.165, 1.54) is 16.7 Å². The van der Waals surface area contributed by atoms with Crippen molar-refractivity contribution in [3.63, 3.8) is 0 Å². The van der Waals surface area contributed by atoms with Crippen molar-refractivity contribution < 1.29 is 9.16 Å². The first-order chi connectivity index (χ1) is 11.2. The van der Waals surface area contributed by atoms with Crippen LogP contribution in [0.25, 0.3) is 0 Å². The first-order valence-corrected chi connectivity index (χ1v) is 9.45. The molecule has 0 fully saturated rings. The van der Waals surface area contributed by atoms with Gasteiger partial charge in [0.15, 0.2) is 0 Å². The number of nitrogens with zero attached hydrogens (tertiary/aromatic N) is 1. The Morgan fingerprint density at radius 3 is 2.33 bits per heavy atom. The van der Waals surface area contributed by atoms with E-state index in [2.05, 4.69) is 63.1 Å². The van der Waals surface area contributed by atoms with Crippen LogP contribution in [0.1, 0.15) is 61.4 Å². The summed E-state index contributed by atoms with van der Waals surface area (Å²) in [5.41, 5.74) is 4.02. The average molecular weight is 361 g/mol. The SMILES string of the molecule is CCC(OC)(c1nccs1)c1cc(C)c(C)c(C(C)(C)C)c1O[Si]. The predicted molar refractivity (Wildman–Crippen MR) is 101 cm³/mol. The standard InChI is InChI=1S/C19H26NO2SSi/c1-8-19(21-7,17-20-9-10-23-17)14-11-12(2)13(3)15(16(14)22-24)18(4,5)6/h9-11H,8H2,1-7H3. The maximum atomic E-state index is 6.07. The minimum atomic E-state index is -0.616. The second kappa shape index (κ2) is 6.98. The summed E-state index contributed by atoms with van der Waals surface area (Å²) in [6.07, 6.45) is 2.59. The lowest BCUT2D eigenvalue weighted by Gasteiger charge is -2.35. The van der Waals surface area contributed by atoms with Crippen molar-refractivity contribution in [3.8, 4) is 5.75 Å². The van der Waals surface area contributed by atoms with E-state index in [9.17, 15) is 0 Å². The fourth-order valence-corrected chi connectivity index (χ4v) is 4.54. The smallest absolute Gasteiger partial charge is 0.341 e. The number of hydrogen-bond donors (Lipinski definition) is 0. The van der Waals surface area contributed by atoms with Crippen LogP contribution in [0.15, 0.2) is 17.6 Å². The largest absolute Gasteiger partial charge is 0.540 e. The van der Waals surface area contributed by atoms with Crippen molar-refractivity contribution in [2.24, 2.45) is 0 Å². The van der Waals surface area contributed by atoms with E-state index < -0.39 is 5.60 Å². The number of aromatic nitrogens is 1. The van der Waals surface area contributed by atoms with Crippen LogP contribution in [0, 0.1) is 13.8 Å². The first-order valence-electron chi connectivity index (χ1n) is 8.16. The second-order valence-electron chi connectivity index (χ2n) is 7.14. The van der Waals surface area contributed by atoms with Crippen molar-refractivity contribution in [2.75, 3.05) is 7.11 Å². The lowest BCUT2D eigenvalue weighted by Crippen LogP contribution is -2.31. The molecule has 129 valence electrons. The van der Waals surface area contributed by atoms with Crippen LogP contribution in [0.3, 0.4) is 0 Å². The minimum absolute atomic E-state index is 0.0526. The Bertz CT molecular complexity index is 701. The topological polar surface area (TPSA) is 31.4 Å². The molecule has 0 aliphatic heterocycles. The van der Waals surface area contributed by atoms with Crippen molar-refractivity contribution in [1.29, 1.82) is 0 Å². The van der Waals surface area contributed by atoms with Gasteiger partial charge >= 0.3 is 10.5 Å². The maximum Gasteiger partial charge on any atom is 0.341 e. The monoisotopic (exact) mass is 360 g/mol. The highest BCUT2D eigenvalue weighted by Crippen LogP contribution is 2.47. The summed E-state index contributed by atoms with van der Waals surface area (Å²) in [6.45, 7) is 13.0. The molecule has 2 aromatic rings. The van der Waals surface area contributed by atoms with Crippen molar-refractivity contribution in [2.45, 2.75) is 59.0 Å². The van der Waals surface area contributed by atoms with Crippen molar-refractivity contribution in [1.82, 2.24) is 4.98 Å². The summed E-state index contributed by atoms with van der Waals surface area (Å²) in [5.74, 6) is 0.834. The Morgan fingerprint density at radius 2 is 1.92 bits per heavy atom. The summed E-state index contributed by atoms with van der Waals surface area (Å²) < 4.78 is 11.8. The molecule has 1 atom stereocenters. The molecule has 0 N–H and O–H groups in total. The Balaban J connectivity index is 2.89. The van der Waals surface area contributed by atoms with Crippen LogP contribution in [-0.2, 0) is 15.8 Å². The minimum Gasteiger partial charge on any atom is -0.540 e. The highest BCUT2D eigenvalue weighted by Gasteiger charge is 2.40. The molecule has 5 heteroatoms. The quantitative estimate of drug-likeness (QED) is 0.716. The number of methoxy groups -OCH3 is 1. The third-order valence-electron chi connectivity index (χ3n) is 4.71. The summed E-state index contributed by atoms with van der Waals surface area (Å²) in [7, 11) is 5.05. The summed E-state index contributed by atoms with van der Waals surface area (Å²) in [5, 5.41) is 2.93. The Morgan fingerprint density at radius 1 is 1.25 bits per heavy atom. The Kier molecular flexibility index (Phi) is 5.57.